The number of halogens is 4. The Morgan fingerprint density at radius 2 is 2.00 bits per heavy atom. The van der Waals surface area contributed by atoms with Gasteiger partial charge < -0.3 is 4.74 Å². The van der Waals surface area contributed by atoms with Gasteiger partial charge in [-0.25, -0.2) is 4.79 Å². The number of hydrogen-bond acceptors (Lipinski definition) is 4. The van der Waals surface area contributed by atoms with Crippen molar-refractivity contribution in [3.05, 3.63) is 29.3 Å². The Morgan fingerprint density at radius 3 is 2.48 bits per heavy atom. The van der Waals surface area contributed by atoms with E-state index < -0.39 is 22.6 Å². The standard InChI is InChI=1S/C13H12ClF3O3S/c1-3-20-12(19)8-4-5-10(21-13(15,16)17)9(6-8)11(14)7(2)18/h4-6,11H,3H2,1-2H3. The van der Waals surface area contributed by atoms with Gasteiger partial charge in [0.1, 0.15) is 5.38 Å². The van der Waals surface area contributed by atoms with E-state index in [9.17, 15) is 22.8 Å². The van der Waals surface area contributed by atoms with Crippen LogP contribution in [0.25, 0.3) is 0 Å². The molecule has 116 valence electrons. The fourth-order valence-corrected chi connectivity index (χ4v) is 2.45. The van der Waals surface area contributed by atoms with Crippen molar-refractivity contribution in [3.63, 3.8) is 0 Å². The summed E-state index contributed by atoms with van der Waals surface area (Å²) in [6.07, 6.45) is 0. The molecule has 0 aliphatic rings. The van der Waals surface area contributed by atoms with Gasteiger partial charge in [0.05, 0.1) is 12.2 Å². The van der Waals surface area contributed by atoms with Crippen molar-refractivity contribution in [2.45, 2.75) is 29.6 Å². The summed E-state index contributed by atoms with van der Waals surface area (Å²) in [6, 6.07) is 3.47. The third-order valence-electron chi connectivity index (χ3n) is 2.38. The van der Waals surface area contributed by atoms with E-state index in [4.69, 9.17) is 16.3 Å². The second kappa shape index (κ2) is 7.17. The molecule has 0 fully saturated rings. The lowest BCUT2D eigenvalue weighted by atomic mass is 10.1. The van der Waals surface area contributed by atoms with E-state index in [2.05, 4.69) is 0 Å². The number of thioether (sulfide) groups is 1. The molecule has 0 spiro atoms. The number of carbonyl (C=O) groups is 2. The van der Waals surface area contributed by atoms with E-state index in [1.807, 2.05) is 0 Å². The largest absolute Gasteiger partial charge is 0.462 e. The van der Waals surface area contributed by atoms with Gasteiger partial charge in [-0.05, 0) is 49.4 Å². The lowest BCUT2D eigenvalue weighted by molar-refractivity contribution is -0.116. The fourth-order valence-electron chi connectivity index (χ4n) is 1.52. The molecule has 0 aliphatic carbocycles. The Labute approximate surface area is 128 Å². The van der Waals surface area contributed by atoms with Crippen molar-refractivity contribution in [1.29, 1.82) is 0 Å². The molecule has 0 radical (unpaired) electrons. The van der Waals surface area contributed by atoms with Crippen LogP contribution >= 0.6 is 23.4 Å². The summed E-state index contributed by atoms with van der Waals surface area (Å²) in [7, 11) is 0. The summed E-state index contributed by atoms with van der Waals surface area (Å²) in [5.74, 6) is -1.20. The van der Waals surface area contributed by atoms with Gasteiger partial charge in [-0.15, -0.1) is 11.6 Å². The lowest BCUT2D eigenvalue weighted by Crippen LogP contribution is -2.10. The highest BCUT2D eigenvalue weighted by Gasteiger charge is 2.32. The summed E-state index contributed by atoms with van der Waals surface area (Å²) < 4.78 is 42.3. The molecule has 0 bridgehead atoms. The first-order chi connectivity index (χ1) is 9.65. The molecule has 0 aliphatic heterocycles. The minimum atomic E-state index is -4.52. The van der Waals surface area contributed by atoms with E-state index in [1.165, 1.54) is 6.07 Å². The molecule has 21 heavy (non-hydrogen) atoms. The summed E-state index contributed by atoms with van der Waals surface area (Å²) in [4.78, 5) is 22.7. The fraction of sp³-hybridized carbons (Fsp3) is 0.385. The van der Waals surface area contributed by atoms with Crippen molar-refractivity contribution in [2.75, 3.05) is 6.61 Å². The summed E-state index contributed by atoms with van der Waals surface area (Å²) >= 11 is 5.46. The van der Waals surface area contributed by atoms with Gasteiger partial charge in [-0.3, -0.25) is 4.79 Å². The van der Waals surface area contributed by atoms with Crippen molar-refractivity contribution in [3.8, 4) is 0 Å². The molecule has 0 saturated carbocycles. The number of esters is 1. The number of rotatable bonds is 5. The van der Waals surface area contributed by atoms with Gasteiger partial charge in [0.15, 0.2) is 5.78 Å². The van der Waals surface area contributed by atoms with Crippen LogP contribution in [0.3, 0.4) is 0 Å². The second-order valence-electron chi connectivity index (χ2n) is 3.99. The van der Waals surface area contributed by atoms with Crippen molar-refractivity contribution in [1.82, 2.24) is 0 Å². The molecule has 1 atom stereocenters. The van der Waals surface area contributed by atoms with Crippen molar-refractivity contribution < 1.29 is 27.5 Å². The molecular weight excluding hydrogens is 329 g/mol. The predicted molar refractivity (Wildman–Crippen MR) is 73.6 cm³/mol. The molecule has 1 aromatic carbocycles. The highest BCUT2D eigenvalue weighted by molar-refractivity contribution is 8.00. The third kappa shape index (κ3) is 5.24. The van der Waals surface area contributed by atoms with E-state index in [-0.39, 0.29) is 34.4 Å². The summed E-state index contributed by atoms with van der Waals surface area (Å²) in [5, 5.41) is -1.26. The smallest absolute Gasteiger partial charge is 0.446 e. The summed E-state index contributed by atoms with van der Waals surface area (Å²) in [5.41, 5.74) is -4.53. The maximum atomic E-state index is 12.5. The molecule has 1 rings (SSSR count). The average molecular weight is 341 g/mol. The number of ether oxygens (including phenoxy) is 1. The second-order valence-corrected chi connectivity index (χ2v) is 5.54. The molecule has 0 amide bonds. The molecular formula is C13H12ClF3O3S. The van der Waals surface area contributed by atoms with Gasteiger partial charge in [0.2, 0.25) is 0 Å². The topological polar surface area (TPSA) is 43.4 Å². The number of hydrogen-bond donors (Lipinski definition) is 0. The Balaban J connectivity index is 3.26. The molecule has 3 nitrogen and oxygen atoms in total. The van der Waals surface area contributed by atoms with Gasteiger partial charge in [0, 0.05) is 4.90 Å². The molecule has 8 heteroatoms. The zero-order valence-electron chi connectivity index (χ0n) is 11.2. The van der Waals surface area contributed by atoms with Crippen LogP contribution in [0.4, 0.5) is 13.2 Å². The van der Waals surface area contributed by atoms with Gasteiger partial charge in [0.25, 0.3) is 0 Å². The highest BCUT2D eigenvalue weighted by atomic mass is 35.5. The Bertz CT molecular complexity index is 546. The SMILES string of the molecule is CCOC(=O)c1ccc(SC(F)(F)F)c(C(Cl)C(C)=O)c1. The van der Waals surface area contributed by atoms with Crippen molar-refractivity contribution >= 4 is 35.1 Å². The highest BCUT2D eigenvalue weighted by Crippen LogP contribution is 2.41. The number of Topliss-reactive ketones (excluding diaryl/α,β-unsaturated/α-hetero) is 1. The molecule has 1 unspecified atom stereocenters. The predicted octanol–water partition coefficient (Wildman–Crippen LogP) is 4.34. The molecule has 1 aromatic rings. The zero-order chi connectivity index (χ0) is 16.2. The van der Waals surface area contributed by atoms with Crippen LogP contribution in [0.5, 0.6) is 0 Å². The van der Waals surface area contributed by atoms with E-state index in [0.717, 1.165) is 19.1 Å². The van der Waals surface area contributed by atoms with Crippen LogP contribution in [0.2, 0.25) is 0 Å². The first kappa shape index (κ1) is 17.8. The van der Waals surface area contributed by atoms with Crippen LogP contribution < -0.4 is 0 Å². The molecule has 0 saturated heterocycles. The van der Waals surface area contributed by atoms with Gasteiger partial charge in [-0.1, -0.05) is 0 Å². The quantitative estimate of drug-likeness (QED) is 0.454. The number of benzene rings is 1. The Morgan fingerprint density at radius 1 is 1.38 bits per heavy atom. The van der Waals surface area contributed by atoms with Gasteiger partial charge >= 0.3 is 11.5 Å². The maximum Gasteiger partial charge on any atom is 0.446 e. The van der Waals surface area contributed by atoms with E-state index >= 15 is 0 Å². The first-order valence-electron chi connectivity index (χ1n) is 5.87. The zero-order valence-corrected chi connectivity index (χ0v) is 12.7. The Kier molecular flexibility index (Phi) is 6.10. The van der Waals surface area contributed by atoms with Gasteiger partial charge in [-0.2, -0.15) is 13.2 Å². The number of ketones is 1. The minimum Gasteiger partial charge on any atom is -0.462 e. The van der Waals surface area contributed by atoms with Crippen LogP contribution in [0.15, 0.2) is 23.1 Å². The lowest BCUT2D eigenvalue weighted by Gasteiger charge is -2.15. The first-order valence-corrected chi connectivity index (χ1v) is 7.12. The molecule has 0 aromatic heterocycles. The minimum absolute atomic E-state index is 0.0466. The normalized spacial score (nSPS) is 12.9. The molecule has 0 N–H and O–H groups in total. The number of carbonyl (C=O) groups excluding carboxylic acids is 2. The summed E-state index contributed by atoms with van der Waals surface area (Å²) in [6.45, 7) is 2.90. The number of alkyl halides is 4. The third-order valence-corrected chi connectivity index (χ3v) is 3.74. The van der Waals surface area contributed by atoms with Crippen LogP contribution in [-0.2, 0) is 9.53 Å². The van der Waals surface area contributed by atoms with Crippen LogP contribution in [-0.4, -0.2) is 23.9 Å². The maximum absolute atomic E-state index is 12.5. The van der Waals surface area contributed by atoms with E-state index in [0.29, 0.717) is 0 Å². The monoisotopic (exact) mass is 340 g/mol. The average Bonchev–Trinajstić information content (AvgIpc) is 2.36. The van der Waals surface area contributed by atoms with Crippen molar-refractivity contribution in [2.24, 2.45) is 0 Å². The van der Waals surface area contributed by atoms with Crippen LogP contribution in [0, 0.1) is 0 Å². The Hall–Kier alpha value is -1.21. The van der Waals surface area contributed by atoms with E-state index in [1.54, 1.807) is 6.92 Å². The molecule has 0 heterocycles. The van der Waals surface area contributed by atoms with Crippen LogP contribution in [0.1, 0.15) is 35.1 Å².